The van der Waals surface area contributed by atoms with Gasteiger partial charge in [0.15, 0.2) is 0 Å². The molecule has 0 radical (unpaired) electrons. The van der Waals surface area contributed by atoms with Crippen molar-refractivity contribution in [1.82, 2.24) is 10.2 Å². The number of nitrogens with zero attached hydrogens (tertiary/aromatic N) is 1. The summed E-state index contributed by atoms with van der Waals surface area (Å²) in [5.74, 6) is 1.97. The first-order chi connectivity index (χ1) is 10.1. The minimum absolute atomic E-state index is 0.00425. The maximum absolute atomic E-state index is 11.9. The van der Waals surface area contributed by atoms with Gasteiger partial charge >= 0.3 is 0 Å². The van der Waals surface area contributed by atoms with Gasteiger partial charge in [-0.3, -0.25) is 9.89 Å². The van der Waals surface area contributed by atoms with Crippen molar-refractivity contribution >= 4 is 11.7 Å². The number of H-pyrrole nitrogens is 1. The third-order valence-corrected chi connectivity index (χ3v) is 3.56. The summed E-state index contributed by atoms with van der Waals surface area (Å²) in [5.41, 5.74) is 2.05. The molecule has 0 aliphatic carbocycles. The largest absolute Gasteiger partial charge is 0.493 e. The van der Waals surface area contributed by atoms with Crippen molar-refractivity contribution in [2.24, 2.45) is 5.92 Å². The highest BCUT2D eigenvalue weighted by Crippen LogP contribution is 2.39. The highest BCUT2D eigenvalue weighted by molar-refractivity contribution is 5.94. The summed E-state index contributed by atoms with van der Waals surface area (Å²) >= 11 is 0. The predicted molar refractivity (Wildman–Crippen MR) is 80.5 cm³/mol. The Kier molecular flexibility index (Phi) is 3.64. The van der Waals surface area contributed by atoms with Crippen molar-refractivity contribution in [1.29, 1.82) is 0 Å². The normalized spacial score (nSPS) is 17.5. The Balaban J connectivity index is 1.96. The number of carbonyl (C=O) groups is 1. The van der Waals surface area contributed by atoms with E-state index in [1.165, 1.54) is 0 Å². The van der Waals surface area contributed by atoms with Crippen LogP contribution in [0.4, 0.5) is 5.82 Å². The molecule has 1 aromatic carbocycles. The monoisotopic (exact) mass is 285 g/mol. The number of amides is 1. The van der Waals surface area contributed by atoms with E-state index >= 15 is 0 Å². The van der Waals surface area contributed by atoms with E-state index in [1.54, 1.807) is 6.20 Å². The van der Waals surface area contributed by atoms with Crippen molar-refractivity contribution in [3.05, 3.63) is 41.6 Å². The molecule has 1 aliphatic rings. The highest BCUT2D eigenvalue weighted by atomic mass is 16.5. The van der Waals surface area contributed by atoms with Gasteiger partial charge in [0.05, 0.1) is 12.8 Å². The molecule has 110 valence electrons. The van der Waals surface area contributed by atoms with Crippen molar-refractivity contribution in [3.8, 4) is 5.75 Å². The topological polar surface area (TPSA) is 67.0 Å². The van der Waals surface area contributed by atoms with Crippen molar-refractivity contribution in [2.45, 2.75) is 26.2 Å². The lowest BCUT2D eigenvalue weighted by molar-refractivity contribution is -0.116. The van der Waals surface area contributed by atoms with Gasteiger partial charge in [-0.05, 0) is 12.0 Å². The molecule has 3 rings (SSSR count). The van der Waals surface area contributed by atoms with Gasteiger partial charge in [0.2, 0.25) is 5.91 Å². The quantitative estimate of drug-likeness (QED) is 0.907. The number of hydrogen-bond acceptors (Lipinski definition) is 3. The second-order valence-electron chi connectivity index (χ2n) is 5.75. The van der Waals surface area contributed by atoms with Crippen LogP contribution in [0.5, 0.6) is 5.75 Å². The number of para-hydroxylation sites is 1. The smallest absolute Gasteiger partial charge is 0.226 e. The Labute approximate surface area is 123 Å². The van der Waals surface area contributed by atoms with E-state index in [4.69, 9.17) is 4.74 Å². The predicted octanol–water partition coefficient (Wildman–Crippen LogP) is 2.92. The third kappa shape index (κ3) is 2.77. The van der Waals surface area contributed by atoms with E-state index in [-0.39, 0.29) is 11.8 Å². The first-order valence-electron chi connectivity index (χ1n) is 7.20. The second kappa shape index (κ2) is 5.60. The molecule has 1 aliphatic heterocycles. The molecule has 0 bridgehead atoms. The molecule has 0 fully saturated rings. The molecule has 2 heterocycles. The molecule has 5 heteroatoms. The molecule has 21 heavy (non-hydrogen) atoms. The molecule has 0 saturated carbocycles. The molecule has 1 aromatic heterocycles. The number of ether oxygens (including phenoxy) is 1. The van der Waals surface area contributed by atoms with Gasteiger partial charge in [-0.25, -0.2) is 0 Å². The summed E-state index contributed by atoms with van der Waals surface area (Å²) in [4.78, 5) is 11.9. The summed E-state index contributed by atoms with van der Waals surface area (Å²) in [6.07, 6.45) is 2.19. The lowest BCUT2D eigenvalue weighted by Gasteiger charge is -2.24. The first kappa shape index (κ1) is 13.7. The number of rotatable bonds is 4. The molecular weight excluding hydrogens is 266 g/mol. The number of benzene rings is 1. The van der Waals surface area contributed by atoms with Crippen LogP contribution < -0.4 is 10.1 Å². The molecule has 1 unspecified atom stereocenters. The molecule has 2 aromatic rings. The zero-order valence-electron chi connectivity index (χ0n) is 12.2. The number of aromatic nitrogens is 2. The van der Waals surface area contributed by atoms with E-state index in [1.807, 2.05) is 24.3 Å². The molecule has 2 N–H and O–H groups in total. The summed E-state index contributed by atoms with van der Waals surface area (Å²) in [7, 11) is 0. The van der Waals surface area contributed by atoms with Crippen LogP contribution in [0.15, 0.2) is 30.5 Å². The minimum atomic E-state index is -0.0177. The van der Waals surface area contributed by atoms with Crippen molar-refractivity contribution < 1.29 is 9.53 Å². The van der Waals surface area contributed by atoms with Crippen molar-refractivity contribution in [2.75, 3.05) is 11.9 Å². The number of fused-ring (bicyclic) bond motifs is 1. The van der Waals surface area contributed by atoms with E-state index in [0.29, 0.717) is 24.8 Å². The number of carbonyl (C=O) groups excluding carboxylic acids is 1. The van der Waals surface area contributed by atoms with Gasteiger partial charge < -0.3 is 10.1 Å². The van der Waals surface area contributed by atoms with Gasteiger partial charge in [0.25, 0.3) is 0 Å². The fourth-order valence-corrected chi connectivity index (χ4v) is 2.58. The SMILES string of the molecule is CC(C)COc1ccccc1C1CC(=O)Nc2[nH]ncc21. The van der Waals surface area contributed by atoms with Crippen LogP contribution in [0.2, 0.25) is 0 Å². The zero-order valence-corrected chi connectivity index (χ0v) is 12.2. The van der Waals surface area contributed by atoms with Crippen molar-refractivity contribution in [3.63, 3.8) is 0 Å². The summed E-state index contributed by atoms with van der Waals surface area (Å²) in [6.45, 7) is 4.89. The van der Waals surface area contributed by atoms with Crippen LogP contribution in [0, 0.1) is 5.92 Å². The average Bonchev–Trinajstić information content (AvgIpc) is 2.92. The van der Waals surface area contributed by atoms with E-state index < -0.39 is 0 Å². The fourth-order valence-electron chi connectivity index (χ4n) is 2.58. The molecule has 0 saturated heterocycles. The highest BCUT2D eigenvalue weighted by Gasteiger charge is 2.29. The maximum atomic E-state index is 11.9. The van der Waals surface area contributed by atoms with Crippen LogP contribution in [-0.2, 0) is 4.79 Å². The standard InChI is InChI=1S/C16H19N3O2/c1-10(2)9-21-14-6-4-3-5-11(14)12-7-15(20)18-16-13(12)8-17-19-16/h3-6,8,10,12H,7,9H2,1-2H3,(H2,17,18,19,20). The molecular formula is C16H19N3O2. The van der Waals surface area contributed by atoms with E-state index in [9.17, 15) is 4.79 Å². The number of aromatic amines is 1. The van der Waals surface area contributed by atoms with Gasteiger partial charge in [0, 0.05) is 23.5 Å². The van der Waals surface area contributed by atoms with Crippen LogP contribution in [0.3, 0.4) is 0 Å². The fraction of sp³-hybridized carbons (Fsp3) is 0.375. The van der Waals surface area contributed by atoms with Gasteiger partial charge in [-0.1, -0.05) is 32.0 Å². The lowest BCUT2D eigenvalue weighted by atomic mass is 9.87. The molecule has 5 nitrogen and oxygen atoms in total. The van der Waals surface area contributed by atoms with Gasteiger partial charge in [0.1, 0.15) is 11.6 Å². The number of hydrogen-bond donors (Lipinski definition) is 2. The minimum Gasteiger partial charge on any atom is -0.493 e. The molecule has 0 spiro atoms. The van der Waals surface area contributed by atoms with E-state index in [0.717, 1.165) is 16.9 Å². The molecule has 1 atom stereocenters. The van der Waals surface area contributed by atoms with Crippen LogP contribution in [0.1, 0.15) is 37.3 Å². The van der Waals surface area contributed by atoms with Crippen LogP contribution >= 0.6 is 0 Å². The number of nitrogens with one attached hydrogen (secondary N) is 2. The number of anilines is 1. The molecule has 1 amide bonds. The Morgan fingerprint density at radius 1 is 1.33 bits per heavy atom. The average molecular weight is 285 g/mol. The summed E-state index contributed by atoms with van der Waals surface area (Å²) in [6, 6.07) is 7.92. The van der Waals surface area contributed by atoms with Gasteiger partial charge in [-0.2, -0.15) is 5.10 Å². The summed E-state index contributed by atoms with van der Waals surface area (Å²) in [5, 5.41) is 9.68. The third-order valence-electron chi connectivity index (χ3n) is 3.56. The van der Waals surface area contributed by atoms with Crippen LogP contribution in [0.25, 0.3) is 0 Å². The maximum Gasteiger partial charge on any atom is 0.226 e. The second-order valence-corrected chi connectivity index (χ2v) is 5.75. The van der Waals surface area contributed by atoms with Gasteiger partial charge in [-0.15, -0.1) is 0 Å². The summed E-state index contributed by atoms with van der Waals surface area (Å²) < 4.78 is 5.92. The van der Waals surface area contributed by atoms with Crippen LogP contribution in [-0.4, -0.2) is 22.7 Å². The Hall–Kier alpha value is -2.30. The Morgan fingerprint density at radius 3 is 2.95 bits per heavy atom. The Morgan fingerprint density at radius 2 is 2.14 bits per heavy atom. The zero-order chi connectivity index (χ0) is 14.8. The first-order valence-corrected chi connectivity index (χ1v) is 7.20. The Bertz CT molecular complexity index is 648. The lowest BCUT2D eigenvalue weighted by Crippen LogP contribution is -2.23. The van der Waals surface area contributed by atoms with E-state index in [2.05, 4.69) is 29.4 Å².